The summed E-state index contributed by atoms with van der Waals surface area (Å²) >= 11 is 0. The van der Waals surface area contributed by atoms with Gasteiger partial charge in [0.25, 0.3) is 0 Å². The topological polar surface area (TPSA) is 45.5 Å². The van der Waals surface area contributed by atoms with Crippen LogP contribution in [0, 0.1) is 0 Å². The van der Waals surface area contributed by atoms with Gasteiger partial charge in [-0.15, -0.1) is 0 Å². The molecule has 0 unspecified atom stereocenters. The van der Waals surface area contributed by atoms with Crippen molar-refractivity contribution in [2.45, 2.75) is 38.6 Å². The molecule has 0 bridgehead atoms. The van der Waals surface area contributed by atoms with Crippen molar-refractivity contribution in [3.05, 3.63) is 24.2 Å². The van der Waals surface area contributed by atoms with Gasteiger partial charge in [0.2, 0.25) is 5.91 Å². The molecule has 1 aromatic heterocycles. The van der Waals surface area contributed by atoms with Crippen molar-refractivity contribution < 1.29 is 9.21 Å². The van der Waals surface area contributed by atoms with Crippen LogP contribution >= 0.6 is 0 Å². The molecule has 1 N–H and O–H groups in total. The van der Waals surface area contributed by atoms with Gasteiger partial charge in [0.1, 0.15) is 5.76 Å². The van der Waals surface area contributed by atoms with Gasteiger partial charge in [0, 0.05) is 13.0 Å². The molecule has 1 aliphatic rings. The Labute approximate surface area is 108 Å². The number of furan rings is 1. The van der Waals surface area contributed by atoms with Crippen LogP contribution in [0.2, 0.25) is 0 Å². The van der Waals surface area contributed by atoms with Gasteiger partial charge in [-0.2, -0.15) is 0 Å². The number of likely N-dealkylation sites (N-methyl/N-ethyl adjacent to an activating group) is 1. The van der Waals surface area contributed by atoms with Crippen molar-refractivity contribution in [3.8, 4) is 0 Å². The van der Waals surface area contributed by atoms with Crippen molar-refractivity contribution in [3.63, 3.8) is 0 Å². The number of carbonyl (C=O) groups excluding carboxylic acids is 1. The van der Waals surface area contributed by atoms with Crippen LogP contribution in [0.1, 0.15) is 31.9 Å². The molecule has 1 aromatic rings. The molecule has 100 valence electrons. The van der Waals surface area contributed by atoms with E-state index in [1.54, 1.807) is 6.26 Å². The van der Waals surface area contributed by atoms with Crippen LogP contribution in [0.4, 0.5) is 0 Å². The average molecular weight is 250 g/mol. The fourth-order valence-electron chi connectivity index (χ4n) is 2.55. The molecule has 0 radical (unpaired) electrons. The maximum atomic E-state index is 12.1. The molecule has 1 fully saturated rings. The highest BCUT2D eigenvalue weighted by Gasteiger charge is 2.26. The highest BCUT2D eigenvalue weighted by molar-refractivity contribution is 5.81. The number of rotatable bonds is 5. The summed E-state index contributed by atoms with van der Waals surface area (Å²) in [6.45, 7) is 4.78. The van der Waals surface area contributed by atoms with Gasteiger partial charge in [-0.05, 0) is 38.1 Å². The number of hydrogen-bond acceptors (Lipinski definition) is 3. The Morgan fingerprint density at radius 2 is 2.44 bits per heavy atom. The van der Waals surface area contributed by atoms with Gasteiger partial charge >= 0.3 is 0 Å². The van der Waals surface area contributed by atoms with E-state index >= 15 is 0 Å². The molecule has 1 amide bonds. The lowest BCUT2D eigenvalue weighted by Crippen LogP contribution is -2.49. The lowest BCUT2D eigenvalue weighted by atomic mass is 10.0. The number of piperidine rings is 1. The summed E-state index contributed by atoms with van der Waals surface area (Å²) < 4.78 is 5.24. The van der Waals surface area contributed by atoms with E-state index in [2.05, 4.69) is 17.1 Å². The zero-order chi connectivity index (χ0) is 12.8. The Kier molecular flexibility index (Phi) is 4.81. The summed E-state index contributed by atoms with van der Waals surface area (Å²) in [6, 6.07) is 3.88. The second kappa shape index (κ2) is 6.59. The largest absolute Gasteiger partial charge is 0.469 e. The summed E-state index contributed by atoms with van der Waals surface area (Å²) in [4.78, 5) is 14.4. The molecule has 0 spiro atoms. The first-order valence-electron chi connectivity index (χ1n) is 6.85. The molecule has 4 nitrogen and oxygen atoms in total. The minimum atomic E-state index is 0.0698. The van der Waals surface area contributed by atoms with Crippen LogP contribution in [0.25, 0.3) is 0 Å². The molecular formula is C14H22N2O2. The zero-order valence-electron chi connectivity index (χ0n) is 11.0. The normalized spacial score (nSPS) is 20.8. The summed E-state index contributed by atoms with van der Waals surface area (Å²) in [5.74, 6) is 1.09. The Morgan fingerprint density at radius 1 is 1.56 bits per heavy atom. The predicted molar refractivity (Wildman–Crippen MR) is 70.3 cm³/mol. The van der Waals surface area contributed by atoms with E-state index in [-0.39, 0.29) is 11.9 Å². The Balaban J connectivity index is 1.76. The SMILES string of the molecule is CCN1CCCC[C@@H]1C(=O)NCCc1ccco1. The van der Waals surface area contributed by atoms with Crippen molar-refractivity contribution in [1.82, 2.24) is 10.2 Å². The van der Waals surface area contributed by atoms with Crippen molar-refractivity contribution in [2.75, 3.05) is 19.6 Å². The van der Waals surface area contributed by atoms with Crippen molar-refractivity contribution in [2.24, 2.45) is 0 Å². The average Bonchev–Trinajstić information content (AvgIpc) is 2.91. The maximum Gasteiger partial charge on any atom is 0.237 e. The predicted octanol–water partition coefficient (Wildman–Crippen LogP) is 1.81. The van der Waals surface area contributed by atoms with E-state index in [0.717, 1.165) is 38.1 Å². The number of amides is 1. The van der Waals surface area contributed by atoms with Crippen LogP contribution in [-0.2, 0) is 11.2 Å². The smallest absolute Gasteiger partial charge is 0.237 e. The van der Waals surface area contributed by atoms with Gasteiger partial charge < -0.3 is 9.73 Å². The second-order valence-electron chi connectivity index (χ2n) is 4.76. The number of likely N-dealkylation sites (tertiary alicyclic amines) is 1. The van der Waals surface area contributed by atoms with Crippen LogP contribution in [0.3, 0.4) is 0 Å². The van der Waals surface area contributed by atoms with E-state index in [1.165, 1.54) is 6.42 Å². The number of hydrogen-bond donors (Lipinski definition) is 1. The molecular weight excluding hydrogens is 228 g/mol. The summed E-state index contributed by atoms with van der Waals surface area (Å²) in [5.41, 5.74) is 0. The minimum absolute atomic E-state index is 0.0698. The highest BCUT2D eigenvalue weighted by atomic mass is 16.3. The molecule has 0 aliphatic carbocycles. The van der Waals surface area contributed by atoms with Gasteiger partial charge in [-0.3, -0.25) is 9.69 Å². The molecule has 1 aliphatic heterocycles. The number of nitrogens with zero attached hydrogens (tertiary/aromatic N) is 1. The maximum absolute atomic E-state index is 12.1. The van der Waals surface area contributed by atoms with Crippen LogP contribution in [-0.4, -0.2) is 36.5 Å². The number of carbonyl (C=O) groups is 1. The molecule has 0 aromatic carbocycles. The third-order valence-corrected chi connectivity index (χ3v) is 3.57. The molecule has 1 saturated heterocycles. The van der Waals surface area contributed by atoms with E-state index in [4.69, 9.17) is 4.42 Å². The molecule has 0 saturated carbocycles. The lowest BCUT2D eigenvalue weighted by Gasteiger charge is -2.33. The second-order valence-corrected chi connectivity index (χ2v) is 4.76. The van der Waals surface area contributed by atoms with Gasteiger partial charge in [-0.1, -0.05) is 13.3 Å². The minimum Gasteiger partial charge on any atom is -0.469 e. The fraction of sp³-hybridized carbons (Fsp3) is 0.643. The highest BCUT2D eigenvalue weighted by Crippen LogP contribution is 2.16. The van der Waals surface area contributed by atoms with E-state index in [0.29, 0.717) is 6.54 Å². The van der Waals surface area contributed by atoms with Crippen LogP contribution in [0.5, 0.6) is 0 Å². The van der Waals surface area contributed by atoms with Gasteiger partial charge in [0.15, 0.2) is 0 Å². The third-order valence-electron chi connectivity index (χ3n) is 3.57. The first kappa shape index (κ1) is 13.1. The van der Waals surface area contributed by atoms with E-state index in [9.17, 15) is 4.79 Å². The van der Waals surface area contributed by atoms with Gasteiger partial charge in [-0.25, -0.2) is 0 Å². The lowest BCUT2D eigenvalue weighted by molar-refractivity contribution is -0.127. The van der Waals surface area contributed by atoms with Crippen molar-refractivity contribution >= 4 is 5.91 Å². The van der Waals surface area contributed by atoms with Crippen LogP contribution in [0.15, 0.2) is 22.8 Å². The molecule has 2 rings (SSSR count). The van der Waals surface area contributed by atoms with Gasteiger partial charge in [0.05, 0.1) is 12.3 Å². The standard InChI is InChI=1S/C14H22N2O2/c1-2-16-10-4-3-7-13(16)14(17)15-9-8-12-6-5-11-18-12/h5-6,11,13H,2-4,7-10H2,1H3,(H,15,17)/t13-/m1/s1. The van der Waals surface area contributed by atoms with E-state index < -0.39 is 0 Å². The Hall–Kier alpha value is -1.29. The third kappa shape index (κ3) is 3.35. The fourth-order valence-corrected chi connectivity index (χ4v) is 2.55. The Bertz CT molecular complexity index is 362. The van der Waals surface area contributed by atoms with E-state index in [1.807, 2.05) is 12.1 Å². The summed E-state index contributed by atoms with van der Waals surface area (Å²) in [6.07, 6.45) is 5.78. The quantitative estimate of drug-likeness (QED) is 0.867. The molecule has 2 heterocycles. The first-order chi connectivity index (χ1) is 8.81. The van der Waals surface area contributed by atoms with Crippen molar-refractivity contribution in [1.29, 1.82) is 0 Å². The Morgan fingerprint density at radius 3 is 3.17 bits per heavy atom. The molecule has 18 heavy (non-hydrogen) atoms. The molecule has 4 heteroatoms. The number of nitrogens with one attached hydrogen (secondary N) is 1. The summed E-state index contributed by atoms with van der Waals surface area (Å²) in [5, 5.41) is 3.01. The monoisotopic (exact) mass is 250 g/mol. The zero-order valence-corrected chi connectivity index (χ0v) is 11.0. The van der Waals surface area contributed by atoms with Crippen LogP contribution < -0.4 is 5.32 Å². The molecule has 1 atom stereocenters. The summed E-state index contributed by atoms with van der Waals surface area (Å²) in [7, 11) is 0. The first-order valence-corrected chi connectivity index (χ1v) is 6.85.